The molecule has 0 N–H and O–H groups in total. The maximum atomic E-state index is 12.4. The lowest BCUT2D eigenvalue weighted by atomic mass is 9.87. The molecule has 0 bridgehead atoms. The molecule has 6 nitrogen and oxygen atoms in total. The molecule has 132 valence electrons. The van der Waals surface area contributed by atoms with Crippen LogP contribution in [0.15, 0.2) is 24.3 Å². The fourth-order valence-electron chi connectivity index (χ4n) is 3.20. The SMILES string of the molecule is CC#COOC(=O)N1CCc2cc(C)c(C)cc2C1C1C=CC(=O)O1.[HH]. The summed E-state index contributed by atoms with van der Waals surface area (Å²) >= 11 is 0. The Morgan fingerprint density at radius 3 is 2.80 bits per heavy atom. The number of hydrogen-bond acceptors (Lipinski definition) is 5. The van der Waals surface area contributed by atoms with Crippen LogP contribution in [0, 0.1) is 25.9 Å². The molecule has 2 unspecified atom stereocenters. The molecule has 0 saturated heterocycles. The molecule has 1 aromatic rings. The summed E-state index contributed by atoms with van der Waals surface area (Å²) < 4.78 is 5.37. The van der Waals surface area contributed by atoms with Gasteiger partial charge in [0, 0.05) is 21.0 Å². The molecule has 2 aliphatic heterocycles. The number of esters is 1. The molecule has 2 aliphatic rings. The number of carbonyl (C=O) groups excluding carboxylic acids is 2. The van der Waals surface area contributed by atoms with Gasteiger partial charge in [0.15, 0.2) is 6.11 Å². The first-order chi connectivity index (χ1) is 12.0. The monoisotopic (exact) mass is 343 g/mol. The lowest BCUT2D eigenvalue weighted by Gasteiger charge is -2.38. The van der Waals surface area contributed by atoms with E-state index < -0.39 is 24.2 Å². The first kappa shape index (κ1) is 16.9. The minimum atomic E-state index is -0.659. The van der Waals surface area contributed by atoms with E-state index in [1.165, 1.54) is 16.5 Å². The molecule has 2 atom stereocenters. The van der Waals surface area contributed by atoms with Gasteiger partial charge in [-0.1, -0.05) is 18.1 Å². The first-order valence-electron chi connectivity index (χ1n) is 8.06. The molecule has 0 saturated carbocycles. The lowest BCUT2D eigenvalue weighted by molar-refractivity contribution is -0.188. The highest BCUT2D eigenvalue weighted by atomic mass is 17.2. The number of fused-ring (bicyclic) bond motifs is 1. The van der Waals surface area contributed by atoms with Crippen LogP contribution >= 0.6 is 0 Å². The van der Waals surface area contributed by atoms with Gasteiger partial charge in [0.05, 0.1) is 0 Å². The maximum Gasteiger partial charge on any atom is 0.454 e. The van der Waals surface area contributed by atoms with E-state index in [-0.39, 0.29) is 1.43 Å². The van der Waals surface area contributed by atoms with E-state index in [2.05, 4.69) is 29.9 Å². The summed E-state index contributed by atoms with van der Waals surface area (Å²) in [7, 11) is 0. The van der Waals surface area contributed by atoms with E-state index in [9.17, 15) is 9.59 Å². The van der Waals surface area contributed by atoms with Crippen LogP contribution in [0.5, 0.6) is 0 Å². The van der Waals surface area contributed by atoms with Crippen LogP contribution in [0.2, 0.25) is 0 Å². The van der Waals surface area contributed by atoms with Crippen molar-refractivity contribution < 1.29 is 25.5 Å². The first-order valence-corrected chi connectivity index (χ1v) is 8.06. The number of nitrogens with zero attached hydrogens (tertiary/aromatic N) is 1. The normalized spacial score (nSPS) is 21.1. The average molecular weight is 343 g/mol. The zero-order valence-corrected chi connectivity index (χ0v) is 14.4. The Kier molecular flexibility index (Phi) is 4.66. The molecule has 2 heterocycles. The van der Waals surface area contributed by atoms with Gasteiger partial charge in [-0.15, -0.1) is 0 Å². The summed E-state index contributed by atoms with van der Waals surface area (Å²) in [5.74, 6) is 2.06. The zero-order chi connectivity index (χ0) is 18.0. The van der Waals surface area contributed by atoms with E-state index in [4.69, 9.17) is 9.62 Å². The second-order valence-corrected chi connectivity index (χ2v) is 6.07. The fraction of sp³-hybridized carbons (Fsp3) is 0.368. The number of cyclic esters (lactones) is 1. The number of carbonyl (C=O) groups is 2. The molecular formula is C19H21NO5. The third-order valence-electron chi connectivity index (χ3n) is 4.51. The van der Waals surface area contributed by atoms with Crippen LogP contribution in [0.25, 0.3) is 0 Å². The van der Waals surface area contributed by atoms with Crippen LogP contribution in [0.3, 0.4) is 0 Å². The Labute approximate surface area is 147 Å². The average Bonchev–Trinajstić information content (AvgIpc) is 3.01. The van der Waals surface area contributed by atoms with E-state index in [0.717, 1.165) is 16.7 Å². The molecular weight excluding hydrogens is 322 g/mol. The molecule has 1 aromatic carbocycles. The predicted molar refractivity (Wildman–Crippen MR) is 91.2 cm³/mol. The summed E-state index contributed by atoms with van der Waals surface area (Å²) in [5.41, 5.74) is 4.40. The Morgan fingerprint density at radius 1 is 1.36 bits per heavy atom. The molecule has 0 spiro atoms. The van der Waals surface area contributed by atoms with Crippen LogP contribution in [-0.2, 0) is 25.7 Å². The molecule has 6 heteroatoms. The van der Waals surface area contributed by atoms with Crippen molar-refractivity contribution in [1.82, 2.24) is 4.90 Å². The zero-order valence-electron chi connectivity index (χ0n) is 14.4. The van der Waals surface area contributed by atoms with Crippen molar-refractivity contribution in [1.29, 1.82) is 0 Å². The minimum absolute atomic E-state index is 0. The summed E-state index contributed by atoms with van der Waals surface area (Å²) in [5, 5.41) is 0. The smallest absolute Gasteiger partial charge is 0.452 e. The molecule has 1 amide bonds. The quantitative estimate of drug-likeness (QED) is 0.357. The van der Waals surface area contributed by atoms with Crippen molar-refractivity contribution in [3.05, 3.63) is 46.5 Å². The Balaban J connectivity index is 0.00000243. The highest BCUT2D eigenvalue weighted by Crippen LogP contribution is 2.37. The largest absolute Gasteiger partial charge is 0.454 e. The highest BCUT2D eigenvalue weighted by molar-refractivity contribution is 5.84. The van der Waals surface area contributed by atoms with Crippen LogP contribution in [0.4, 0.5) is 4.79 Å². The second-order valence-electron chi connectivity index (χ2n) is 6.07. The van der Waals surface area contributed by atoms with Crippen molar-refractivity contribution in [3.8, 4) is 12.0 Å². The Morgan fingerprint density at radius 2 is 2.12 bits per heavy atom. The third kappa shape index (κ3) is 3.31. The Hall–Kier alpha value is -2.94. The summed E-state index contributed by atoms with van der Waals surface area (Å²) in [6, 6.07) is 3.71. The number of ether oxygens (including phenoxy) is 1. The van der Waals surface area contributed by atoms with E-state index >= 15 is 0 Å². The predicted octanol–water partition coefficient (Wildman–Crippen LogP) is 2.98. The Bertz CT molecular complexity index is 808. The van der Waals surface area contributed by atoms with Crippen molar-refractivity contribution >= 4 is 12.1 Å². The van der Waals surface area contributed by atoms with Crippen LogP contribution in [-0.4, -0.2) is 29.6 Å². The van der Waals surface area contributed by atoms with E-state index in [0.29, 0.717) is 13.0 Å². The number of aryl methyl sites for hydroxylation is 2. The minimum Gasteiger partial charge on any atom is -0.452 e. The molecule has 0 radical (unpaired) electrons. The van der Waals surface area contributed by atoms with Gasteiger partial charge in [0.1, 0.15) is 12.1 Å². The van der Waals surface area contributed by atoms with Crippen molar-refractivity contribution in [2.75, 3.05) is 6.54 Å². The van der Waals surface area contributed by atoms with Crippen LogP contribution in [0.1, 0.15) is 36.6 Å². The lowest BCUT2D eigenvalue weighted by Crippen LogP contribution is -2.45. The third-order valence-corrected chi connectivity index (χ3v) is 4.51. The summed E-state index contributed by atoms with van der Waals surface area (Å²) in [6.07, 6.45) is 4.74. The van der Waals surface area contributed by atoms with Gasteiger partial charge in [-0.05, 0) is 48.6 Å². The number of hydrogen-bond donors (Lipinski definition) is 0. The van der Waals surface area contributed by atoms with Crippen molar-refractivity contribution in [2.45, 2.75) is 39.3 Å². The summed E-state index contributed by atoms with van der Waals surface area (Å²) in [6.45, 7) is 6.07. The van der Waals surface area contributed by atoms with E-state index in [1.54, 1.807) is 13.0 Å². The topological polar surface area (TPSA) is 65.1 Å². The van der Waals surface area contributed by atoms with E-state index in [1.807, 2.05) is 13.0 Å². The standard InChI is InChI=1S/C19H19NO5.H2/c1-4-9-23-25-19(22)20-8-7-14-10-12(2)13(3)11-15(14)18(20)16-5-6-17(21)24-16;/h5-6,10-11,16,18H,7-8H2,1-3H3;1H. The van der Waals surface area contributed by atoms with Gasteiger partial charge in [0.25, 0.3) is 0 Å². The number of benzene rings is 1. The molecule has 0 aromatic heterocycles. The maximum absolute atomic E-state index is 12.4. The number of rotatable bonds is 2. The van der Waals surface area contributed by atoms with Gasteiger partial charge >= 0.3 is 12.1 Å². The molecule has 3 rings (SSSR count). The van der Waals surface area contributed by atoms with Gasteiger partial charge in [-0.3, -0.25) is 4.90 Å². The molecule has 0 aliphatic carbocycles. The van der Waals surface area contributed by atoms with Gasteiger partial charge in [-0.25, -0.2) is 19.4 Å². The molecule has 25 heavy (non-hydrogen) atoms. The van der Waals surface area contributed by atoms with Gasteiger partial charge in [-0.2, -0.15) is 0 Å². The van der Waals surface area contributed by atoms with Crippen molar-refractivity contribution in [2.24, 2.45) is 0 Å². The highest BCUT2D eigenvalue weighted by Gasteiger charge is 2.40. The molecule has 0 fully saturated rings. The second kappa shape index (κ2) is 6.89. The summed E-state index contributed by atoms with van der Waals surface area (Å²) in [4.78, 5) is 34.8. The van der Waals surface area contributed by atoms with Crippen LogP contribution < -0.4 is 0 Å². The number of amides is 1. The van der Waals surface area contributed by atoms with Crippen molar-refractivity contribution in [3.63, 3.8) is 0 Å². The fourth-order valence-corrected chi connectivity index (χ4v) is 3.20. The van der Waals surface area contributed by atoms with Gasteiger partial charge < -0.3 is 4.74 Å². The van der Waals surface area contributed by atoms with Gasteiger partial charge in [0.2, 0.25) is 0 Å².